The van der Waals surface area contributed by atoms with E-state index >= 15 is 0 Å². The van der Waals surface area contributed by atoms with Crippen LogP contribution in [0.15, 0.2) is 18.2 Å². The molecule has 1 atom stereocenters. The number of nitrogens with zero attached hydrogens (tertiary/aromatic N) is 2. The van der Waals surface area contributed by atoms with Gasteiger partial charge in [0.1, 0.15) is 5.75 Å². The number of piperazine rings is 1. The first kappa shape index (κ1) is 19.0. The van der Waals surface area contributed by atoms with Crippen LogP contribution in [0, 0.1) is 0 Å². The number of urea groups is 1. The first-order chi connectivity index (χ1) is 12.8. The van der Waals surface area contributed by atoms with Crippen molar-refractivity contribution in [1.82, 2.24) is 15.1 Å². The summed E-state index contributed by atoms with van der Waals surface area (Å²) in [6, 6.07) is 5.41. The predicted molar refractivity (Wildman–Crippen MR) is 101 cm³/mol. The maximum Gasteiger partial charge on any atom is 0.317 e. The van der Waals surface area contributed by atoms with Crippen LogP contribution >= 0.6 is 0 Å². The van der Waals surface area contributed by atoms with Crippen molar-refractivity contribution in [3.8, 4) is 5.75 Å². The average Bonchev–Trinajstić information content (AvgIpc) is 2.62. The summed E-state index contributed by atoms with van der Waals surface area (Å²) in [4.78, 5) is 39.9. The summed E-state index contributed by atoms with van der Waals surface area (Å²) in [6.45, 7) is 7.62. The van der Waals surface area contributed by atoms with Crippen molar-refractivity contribution in [2.75, 3.05) is 31.5 Å². The number of carbonyl (C=O) groups excluding carboxylic acids is 3. The summed E-state index contributed by atoms with van der Waals surface area (Å²) >= 11 is 0. The topological polar surface area (TPSA) is 91.0 Å². The monoisotopic (exact) mass is 374 g/mol. The molecular weight excluding hydrogens is 348 g/mol. The molecule has 1 fully saturated rings. The highest BCUT2D eigenvalue weighted by molar-refractivity contribution is 5.97. The summed E-state index contributed by atoms with van der Waals surface area (Å²) in [5, 5.41) is 5.67. The predicted octanol–water partition coefficient (Wildman–Crippen LogP) is 1.21. The van der Waals surface area contributed by atoms with Crippen LogP contribution in [0.5, 0.6) is 5.75 Å². The van der Waals surface area contributed by atoms with Gasteiger partial charge in [0.05, 0.1) is 12.1 Å². The van der Waals surface area contributed by atoms with E-state index in [4.69, 9.17) is 4.74 Å². The minimum atomic E-state index is -0.519. The molecule has 2 aliphatic heterocycles. The van der Waals surface area contributed by atoms with Gasteiger partial charge in [-0.3, -0.25) is 9.59 Å². The Labute approximate surface area is 158 Å². The second-order valence-corrected chi connectivity index (χ2v) is 7.23. The molecule has 0 aliphatic carbocycles. The Morgan fingerprint density at radius 1 is 1.22 bits per heavy atom. The van der Waals surface area contributed by atoms with Crippen molar-refractivity contribution >= 4 is 23.5 Å². The number of hydrogen-bond acceptors (Lipinski definition) is 4. The number of nitrogens with one attached hydrogen (secondary N) is 2. The molecular formula is C19H26N4O4. The number of carbonyl (C=O) groups is 3. The summed E-state index contributed by atoms with van der Waals surface area (Å²) < 4.78 is 5.53. The van der Waals surface area contributed by atoms with Gasteiger partial charge >= 0.3 is 6.03 Å². The van der Waals surface area contributed by atoms with Gasteiger partial charge in [0.2, 0.25) is 5.91 Å². The summed E-state index contributed by atoms with van der Waals surface area (Å²) in [6.07, 6.45) is -0.272. The standard InChI is InChI=1S/C19H26N4O4/c1-12(2)20-19(26)23-8-6-22(7-9-23)17(24)11-14-4-5-16-15(10-14)21-18(25)13(3)27-16/h4-5,10,12-13H,6-9,11H2,1-3H3,(H,20,26)(H,21,25). The molecule has 8 heteroatoms. The van der Waals surface area contributed by atoms with Gasteiger partial charge in [-0.25, -0.2) is 4.79 Å². The third-order valence-corrected chi connectivity index (χ3v) is 4.66. The van der Waals surface area contributed by atoms with Crippen molar-refractivity contribution in [2.45, 2.75) is 39.3 Å². The molecule has 0 aromatic heterocycles. The first-order valence-electron chi connectivity index (χ1n) is 9.27. The number of benzene rings is 1. The molecule has 8 nitrogen and oxygen atoms in total. The van der Waals surface area contributed by atoms with Gasteiger partial charge in [-0.2, -0.15) is 0 Å². The number of ether oxygens (including phenoxy) is 1. The molecule has 2 heterocycles. The van der Waals surface area contributed by atoms with Crippen LogP contribution in [0.2, 0.25) is 0 Å². The zero-order chi connectivity index (χ0) is 19.6. The van der Waals surface area contributed by atoms with Gasteiger partial charge in [0, 0.05) is 32.2 Å². The second-order valence-electron chi connectivity index (χ2n) is 7.23. The van der Waals surface area contributed by atoms with Crippen LogP contribution in [0.1, 0.15) is 26.3 Å². The van der Waals surface area contributed by atoms with E-state index in [2.05, 4.69) is 10.6 Å². The molecule has 27 heavy (non-hydrogen) atoms. The maximum atomic E-state index is 12.6. The van der Waals surface area contributed by atoms with Gasteiger partial charge in [0.15, 0.2) is 6.10 Å². The van der Waals surface area contributed by atoms with Crippen molar-refractivity contribution in [1.29, 1.82) is 0 Å². The molecule has 2 N–H and O–H groups in total. The van der Waals surface area contributed by atoms with E-state index in [1.807, 2.05) is 19.9 Å². The first-order valence-corrected chi connectivity index (χ1v) is 9.27. The van der Waals surface area contributed by atoms with Crippen molar-refractivity contribution < 1.29 is 19.1 Å². The second kappa shape index (κ2) is 7.85. The number of amides is 4. The molecule has 0 spiro atoms. The molecule has 1 aromatic rings. The van der Waals surface area contributed by atoms with Crippen molar-refractivity contribution in [3.63, 3.8) is 0 Å². The minimum Gasteiger partial charge on any atom is -0.479 e. The molecule has 4 amide bonds. The van der Waals surface area contributed by atoms with Gasteiger partial charge in [-0.1, -0.05) is 6.07 Å². The fraction of sp³-hybridized carbons (Fsp3) is 0.526. The summed E-state index contributed by atoms with van der Waals surface area (Å²) in [5.74, 6) is 0.431. The molecule has 1 unspecified atom stereocenters. The van der Waals surface area contributed by atoms with Gasteiger partial charge in [-0.05, 0) is 38.5 Å². The van der Waals surface area contributed by atoms with E-state index in [1.54, 1.807) is 28.9 Å². The summed E-state index contributed by atoms with van der Waals surface area (Å²) in [7, 11) is 0. The maximum absolute atomic E-state index is 12.6. The van der Waals surface area contributed by atoms with Gasteiger partial charge in [-0.15, -0.1) is 0 Å². The number of hydrogen-bond donors (Lipinski definition) is 2. The molecule has 2 aliphatic rings. The van der Waals surface area contributed by atoms with Gasteiger partial charge in [0.25, 0.3) is 5.91 Å². The molecule has 1 aromatic carbocycles. The Kier molecular flexibility index (Phi) is 5.53. The molecule has 146 valence electrons. The fourth-order valence-electron chi connectivity index (χ4n) is 3.15. The quantitative estimate of drug-likeness (QED) is 0.832. The van der Waals surface area contributed by atoms with E-state index in [0.29, 0.717) is 37.6 Å². The smallest absolute Gasteiger partial charge is 0.317 e. The molecule has 0 saturated carbocycles. The highest BCUT2D eigenvalue weighted by Gasteiger charge is 2.26. The lowest BCUT2D eigenvalue weighted by molar-refractivity contribution is -0.131. The van der Waals surface area contributed by atoms with Crippen LogP contribution in [0.3, 0.4) is 0 Å². The lowest BCUT2D eigenvalue weighted by Gasteiger charge is -2.35. The lowest BCUT2D eigenvalue weighted by Crippen LogP contribution is -2.54. The Hall–Kier alpha value is -2.77. The van der Waals surface area contributed by atoms with Crippen molar-refractivity contribution in [2.24, 2.45) is 0 Å². The highest BCUT2D eigenvalue weighted by atomic mass is 16.5. The molecule has 3 rings (SSSR count). The Morgan fingerprint density at radius 2 is 1.89 bits per heavy atom. The third kappa shape index (κ3) is 4.50. The highest BCUT2D eigenvalue weighted by Crippen LogP contribution is 2.30. The molecule has 0 bridgehead atoms. The van der Waals surface area contributed by atoms with Gasteiger partial charge < -0.3 is 25.2 Å². The largest absolute Gasteiger partial charge is 0.479 e. The number of rotatable bonds is 3. The molecule has 0 radical (unpaired) electrons. The Balaban J connectivity index is 1.55. The normalized spacial score (nSPS) is 19.3. The summed E-state index contributed by atoms with van der Waals surface area (Å²) in [5.41, 5.74) is 1.41. The minimum absolute atomic E-state index is 0.00953. The lowest BCUT2D eigenvalue weighted by atomic mass is 10.1. The van der Waals surface area contributed by atoms with Crippen LogP contribution in [0.25, 0.3) is 0 Å². The van der Waals surface area contributed by atoms with E-state index in [9.17, 15) is 14.4 Å². The Bertz CT molecular complexity index is 741. The van der Waals surface area contributed by atoms with E-state index in [-0.39, 0.29) is 30.3 Å². The van der Waals surface area contributed by atoms with E-state index in [1.165, 1.54) is 0 Å². The SMILES string of the molecule is CC(C)NC(=O)N1CCN(C(=O)Cc2ccc3c(c2)NC(=O)C(C)O3)CC1. The zero-order valence-corrected chi connectivity index (χ0v) is 15.9. The average molecular weight is 374 g/mol. The van der Waals surface area contributed by atoms with Crippen molar-refractivity contribution in [3.05, 3.63) is 23.8 Å². The van der Waals surface area contributed by atoms with E-state index in [0.717, 1.165) is 5.56 Å². The van der Waals surface area contributed by atoms with E-state index < -0.39 is 6.10 Å². The zero-order valence-electron chi connectivity index (χ0n) is 15.9. The third-order valence-electron chi connectivity index (χ3n) is 4.66. The number of fused-ring (bicyclic) bond motifs is 1. The number of anilines is 1. The Morgan fingerprint density at radius 3 is 2.56 bits per heavy atom. The van der Waals surface area contributed by atoms with Crippen LogP contribution in [-0.4, -0.2) is 66.0 Å². The van der Waals surface area contributed by atoms with Crippen LogP contribution in [0.4, 0.5) is 10.5 Å². The van der Waals surface area contributed by atoms with Crippen LogP contribution in [-0.2, 0) is 16.0 Å². The fourth-order valence-corrected chi connectivity index (χ4v) is 3.15. The molecule has 1 saturated heterocycles. The van der Waals surface area contributed by atoms with Crippen LogP contribution < -0.4 is 15.4 Å².